The van der Waals surface area contributed by atoms with Crippen molar-refractivity contribution in [2.24, 2.45) is 0 Å². The van der Waals surface area contributed by atoms with Crippen LogP contribution >= 0.6 is 11.6 Å². The lowest BCUT2D eigenvalue weighted by Gasteiger charge is -2.07. The molecule has 3 nitrogen and oxygen atoms in total. The monoisotopic (exact) mass is 235 g/mol. The number of carbonyl (C=O) groups excluding carboxylic acids is 1. The topological polar surface area (TPSA) is 53.9 Å². The summed E-state index contributed by atoms with van der Waals surface area (Å²) in [7, 11) is 1.33. The molecule has 1 atom stereocenters. The fourth-order valence-corrected chi connectivity index (χ4v) is 1.29. The number of methoxy groups -OCH3 is 1. The van der Waals surface area contributed by atoms with Gasteiger partial charge in [-0.2, -0.15) is 0 Å². The Morgan fingerprint density at radius 2 is 2.07 bits per heavy atom. The molecule has 78 valence electrons. The zero-order chi connectivity index (χ0) is 9.84. The standard InChI is InChI=1S/C9H10ClNO2.ClH/c1-13-9(12)8(11)6-4-2-3-5-7(6)10;/h2-5,8H,11H2,1H3;1H. The molecule has 0 radical (unpaired) electrons. The van der Waals surface area contributed by atoms with Gasteiger partial charge in [-0.3, -0.25) is 0 Å². The van der Waals surface area contributed by atoms with Crippen LogP contribution in [0, 0.1) is 0 Å². The summed E-state index contributed by atoms with van der Waals surface area (Å²) in [5, 5.41) is 0.535. The number of rotatable bonds is 2. The second kappa shape index (κ2) is 5.86. The Hall–Kier alpha value is -0.770. The minimum atomic E-state index is -0.557. The number of quaternary nitrogens is 1. The van der Waals surface area contributed by atoms with Crippen molar-refractivity contribution in [3.8, 4) is 0 Å². The number of benzene rings is 1. The van der Waals surface area contributed by atoms with Gasteiger partial charge < -0.3 is 22.9 Å². The summed E-state index contributed by atoms with van der Waals surface area (Å²) in [5.41, 5.74) is 4.37. The van der Waals surface area contributed by atoms with Gasteiger partial charge in [0.25, 0.3) is 0 Å². The summed E-state index contributed by atoms with van der Waals surface area (Å²) in [6, 6.07) is 6.53. The van der Waals surface area contributed by atoms with Gasteiger partial charge in [0.05, 0.1) is 12.1 Å². The summed E-state index contributed by atoms with van der Waals surface area (Å²) in [4.78, 5) is 11.1. The molecule has 0 bridgehead atoms. The summed E-state index contributed by atoms with van der Waals surface area (Å²) in [6.07, 6.45) is 0. The van der Waals surface area contributed by atoms with Gasteiger partial charge in [0.2, 0.25) is 6.04 Å². The highest BCUT2D eigenvalue weighted by molar-refractivity contribution is 6.31. The molecule has 0 aliphatic carbocycles. The molecule has 0 amide bonds. The minimum Gasteiger partial charge on any atom is -1.00 e. The maximum absolute atomic E-state index is 11.1. The second-order valence-corrected chi connectivity index (χ2v) is 3.00. The van der Waals surface area contributed by atoms with E-state index < -0.39 is 6.04 Å². The fourth-order valence-electron chi connectivity index (χ4n) is 1.03. The van der Waals surface area contributed by atoms with Crippen LogP contribution in [0.15, 0.2) is 24.3 Å². The van der Waals surface area contributed by atoms with E-state index in [1.54, 1.807) is 18.2 Å². The van der Waals surface area contributed by atoms with Gasteiger partial charge in [-0.25, -0.2) is 4.79 Å². The van der Waals surface area contributed by atoms with Crippen LogP contribution in [0.1, 0.15) is 11.6 Å². The van der Waals surface area contributed by atoms with E-state index in [0.717, 1.165) is 0 Å². The maximum Gasteiger partial charge on any atom is 0.369 e. The van der Waals surface area contributed by atoms with E-state index in [4.69, 9.17) is 11.6 Å². The normalized spacial score (nSPS) is 11.4. The van der Waals surface area contributed by atoms with Gasteiger partial charge >= 0.3 is 5.97 Å². The maximum atomic E-state index is 11.1. The first kappa shape index (κ1) is 13.2. The molecule has 0 aliphatic heterocycles. The minimum absolute atomic E-state index is 0. The lowest BCUT2D eigenvalue weighted by Crippen LogP contribution is -3.00. The van der Waals surface area contributed by atoms with Gasteiger partial charge in [0.1, 0.15) is 0 Å². The third-order valence-corrected chi connectivity index (χ3v) is 2.11. The van der Waals surface area contributed by atoms with Crippen LogP contribution in [0.2, 0.25) is 5.02 Å². The summed E-state index contributed by atoms with van der Waals surface area (Å²) < 4.78 is 4.56. The Balaban J connectivity index is 0.00000169. The zero-order valence-corrected chi connectivity index (χ0v) is 9.18. The van der Waals surface area contributed by atoms with E-state index in [1.165, 1.54) is 7.11 Å². The van der Waals surface area contributed by atoms with Crippen molar-refractivity contribution in [3.05, 3.63) is 34.9 Å². The molecular formula is C9H11Cl2NO2. The van der Waals surface area contributed by atoms with Gasteiger partial charge in [-0.05, 0) is 6.07 Å². The van der Waals surface area contributed by atoms with E-state index in [2.05, 4.69) is 10.5 Å². The molecule has 0 saturated carbocycles. The quantitative estimate of drug-likeness (QED) is 0.592. The smallest absolute Gasteiger partial charge is 0.369 e. The van der Waals surface area contributed by atoms with Gasteiger partial charge in [0.15, 0.2) is 0 Å². The van der Waals surface area contributed by atoms with Gasteiger partial charge in [0, 0.05) is 5.56 Å². The number of carbonyl (C=O) groups is 1. The summed E-state index contributed by atoms with van der Waals surface area (Å²) in [5.74, 6) is -0.381. The molecule has 0 aromatic heterocycles. The van der Waals surface area contributed by atoms with Crippen molar-refractivity contribution in [1.82, 2.24) is 0 Å². The van der Waals surface area contributed by atoms with E-state index in [0.29, 0.717) is 10.6 Å². The number of ether oxygens (including phenoxy) is 1. The van der Waals surface area contributed by atoms with Gasteiger partial charge in [-0.1, -0.05) is 29.8 Å². The molecule has 1 aromatic carbocycles. The molecule has 5 heteroatoms. The predicted octanol–water partition coefficient (Wildman–Crippen LogP) is -2.20. The predicted molar refractivity (Wildman–Crippen MR) is 49.1 cm³/mol. The van der Waals surface area contributed by atoms with Crippen molar-refractivity contribution in [3.63, 3.8) is 0 Å². The third-order valence-electron chi connectivity index (χ3n) is 1.77. The van der Waals surface area contributed by atoms with Crippen molar-refractivity contribution in [1.29, 1.82) is 0 Å². The highest BCUT2D eigenvalue weighted by Gasteiger charge is 2.22. The van der Waals surface area contributed by atoms with Crippen molar-refractivity contribution in [2.75, 3.05) is 7.11 Å². The fraction of sp³-hybridized carbons (Fsp3) is 0.222. The van der Waals surface area contributed by atoms with Crippen LogP contribution in [0.3, 0.4) is 0 Å². The first-order valence-corrected chi connectivity index (χ1v) is 4.20. The zero-order valence-electron chi connectivity index (χ0n) is 7.67. The lowest BCUT2D eigenvalue weighted by atomic mass is 10.1. The molecule has 0 aliphatic rings. The van der Waals surface area contributed by atoms with Crippen LogP contribution in [0.25, 0.3) is 0 Å². The van der Waals surface area contributed by atoms with E-state index in [-0.39, 0.29) is 18.4 Å². The summed E-state index contributed by atoms with van der Waals surface area (Å²) in [6.45, 7) is 0. The molecule has 3 N–H and O–H groups in total. The van der Waals surface area contributed by atoms with E-state index in [1.807, 2.05) is 6.07 Å². The number of hydrogen-bond acceptors (Lipinski definition) is 2. The average molecular weight is 236 g/mol. The number of halogens is 2. The largest absolute Gasteiger partial charge is 1.00 e. The van der Waals surface area contributed by atoms with Crippen LogP contribution < -0.4 is 18.1 Å². The van der Waals surface area contributed by atoms with Crippen molar-refractivity contribution < 1.29 is 27.7 Å². The highest BCUT2D eigenvalue weighted by Crippen LogP contribution is 2.20. The molecule has 0 fully saturated rings. The average Bonchev–Trinajstić information content (AvgIpc) is 2.16. The Labute approximate surface area is 93.6 Å². The molecule has 14 heavy (non-hydrogen) atoms. The first-order chi connectivity index (χ1) is 6.16. The Bertz CT molecular complexity index is 317. The van der Waals surface area contributed by atoms with Crippen LogP contribution in [-0.2, 0) is 9.53 Å². The molecule has 1 unspecified atom stereocenters. The number of esters is 1. The molecule has 1 rings (SSSR count). The van der Waals surface area contributed by atoms with Crippen LogP contribution in [0.4, 0.5) is 0 Å². The number of hydrogen-bond donors (Lipinski definition) is 1. The van der Waals surface area contributed by atoms with Crippen molar-refractivity contribution in [2.45, 2.75) is 6.04 Å². The Kier molecular flexibility index (Phi) is 5.53. The van der Waals surface area contributed by atoms with E-state index in [9.17, 15) is 4.79 Å². The molecule has 0 spiro atoms. The summed E-state index contributed by atoms with van der Waals surface area (Å²) >= 11 is 5.87. The highest BCUT2D eigenvalue weighted by atomic mass is 35.5. The Morgan fingerprint density at radius 3 is 2.57 bits per heavy atom. The van der Waals surface area contributed by atoms with E-state index >= 15 is 0 Å². The second-order valence-electron chi connectivity index (χ2n) is 2.60. The Morgan fingerprint density at radius 1 is 1.50 bits per heavy atom. The van der Waals surface area contributed by atoms with Gasteiger partial charge in [-0.15, -0.1) is 0 Å². The molecule has 1 aromatic rings. The van der Waals surface area contributed by atoms with Crippen molar-refractivity contribution >= 4 is 17.6 Å². The van der Waals surface area contributed by atoms with Crippen LogP contribution in [0.5, 0.6) is 0 Å². The SMILES string of the molecule is COC(=O)C([NH3+])c1ccccc1Cl.[Cl-]. The molecular weight excluding hydrogens is 225 g/mol. The lowest BCUT2D eigenvalue weighted by molar-refractivity contribution is -0.414. The first-order valence-electron chi connectivity index (χ1n) is 3.82. The molecule has 0 saturated heterocycles. The third kappa shape index (κ3) is 2.87. The molecule has 0 heterocycles. The van der Waals surface area contributed by atoms with Crippen LogP contribution in [-0.4, -0.2) is 13.1 Å².